The first kappa shape index (κ1) is 13.7. The summed E-state index contributed by atoms with van der Waals surface area (Å²) in [6.07, 6.45) is 1.31. The highest BCUT2D eigenvalue weighted by atomic mass is 16.6. The summed E-state index contributed by atoms with van der Waals surface area (Å²) in [5.74, 6) is -1.36. The molecule has 2 N–H and O–H groups in total. The molecular weight excluding hydrogens is 268 g/mol. The van der Waals surface area contributed by atoms with Crippen LogP contribution in [0.25, 0.3) is 0 Å². The molecule has 0 radical (unpaired) electrons. The van der Waals surface area contributed by atoms with Crippen LogP contribution in [0, 0.1) is 21.4 Å². The molecule has 1 atom stereocenters. The van der Waals surface area contributed by atoms with Crippen LogP contribution in [0.1, 0.15) is 12.0 Å². The van der Waals surface area contributed by atoms with Gasteiger partial charge in [-0.15, -0.1) is 0 Å². The number of anilines is 1. The van der Waals surface area contributed by atoms with Crippen LogP contribution in [0.2, 0.25) is 0 Å². The molecule has 1 unspecified atom stereocenters. The lowest BCUT2D eigenvalue weighted by atomic mass is 9.99. The number of nitrogens with zero attached hydrogens (tertiary/aromatic N) is 3. The van der Waals surface area contributed by atoms with Crippen molar-refractivity contribution in [2.24, 2.45) is 0 Å². The maximum absolute atomic E-state index is 11.3. The quantitative estimate of drug-likeness (QED) is 0.600. The molecule has 1 aromatic rings. The van der Waals surface area contributed by atoms with Crippen LogP contribution in [0.3, 0.4) is 0 Å². The minimum Gasteiger partial charge on any atom is -0.479 e. The number of hydrogen-bond acceptors (Lipinski definition) is 7. The first-order valence-electron chi connectivity index (χ1n) is 5.62. The van der Waals surface area contributed by atoms with Gasteiger partial charge in [-0.2, -0.15) is 5.26 Å². The van der Waals surface area contributed by atoms with Crippen LogP contribution in [0.5, 0.6) is 0 Å². The Morgan fingerprint density at radius 1 is 1.70 bits per heavy atom. The SMILES string of the molecule is N#Cc1cnc(NC2(C(=O)O)CCOC2)c([N+](=O)[O-])c1. The molecule has 20 heavy (non-hydrogen) atoms. The average Bonchev–Trinajstić information content (AvgIpc) is 2.89. The zero-order chi connectivity index (χ0) is 14.8. The molecule has 0 saturated carbocycles. The summed E-state index contributed by atoms with van der Waals surface area (Å²) in [5.41, 5.74) is -1.86. The van der Waals surface area contributed by atoms with Gasteiger partial charge in [0.2, 0.25) is 5.82 Å². The number of nitrogens with one attached hydrogen (secondary N) is 1. The number of pyridine rings is 1. The number of nitriles is 1. The van der Waals surface area contributed by atoms with Crippen molar-refractivity contribution in [1.82, 2.24) is 4.98 Å². The Labute approximate surface area is 112 Å². The van der Waals surface area contributed by atoms with Crippen LogP contribution in [0.4, 0.5) is 11.5 Å². The standard InChI is InChI=1S/C11H10N4O5/c12-4-7-3-8(15(18)19)9(13-5-7)14-11(10(16)17)1-2-20-6-11/h3,5H,1-2,6H2,(H,13,14)(H,16,17). The topological polar surface area (TPSA) is 138 Å². The third kappa shape index (κ3) is 2.36. The lowest BCUT2D eigenvalue weighted by Gasteiger charge is -2.23. The Morgan fingerprint density at radius 2 is 2.45 bits per heavy atom. The number of carboxylic acids is 1. The fraction of sp³-hybridized carbons (Fsp3) is 0.364. The molecule has 0 bridgehead atoms. The molecule has 0 spiro atoms. The number of hydrogen-bond donors (Lipinski definition) is 2. The number of ether oxygens (including phenoxy) is 1. The van der Waals surface area contributed by atoms with Crippen LogP contribution in [-0.4, -0.2) is 39.7 Å². The Balaban J connectivity index is 2.40. The lowest BCUT2D eigenvalue weighted by Crippen LogP contribution is -2.47. The first-order valence-corrected chi connectivity index (χ1v) is 5.62. The molecule has 1 aliphatic heterocycles. The maximum atomic E-state index is 11.3. The van der Waals surface area contributed by atoms with E-state index in [9.17, 15) is 20.0 Å². The largest absolute Gasteiger partial charge is 0.479 e. The van der Waals surface area contributed by atoms with E-state index in [2.05, 4.69) is 10.3 Å². The van der Waals surface area contributed by atoms with E-state index in [1.807, 2.05) is 0 Å². The van der Waals surface area contributed by atoms with E-state index >= 15 is 0 Å². The van der Waals surface area contributed by atoms with Crippen LogP contribution in [-0.2, 0) is 9.53 Å². The molecule has 0 aromatic carbocycles. The van der Waals surface area contributed by atoms with Gasteiger partial charge >= 0.3 is 11.7 Å². The smallest absolute Gasteiger partial charge is 0.331 e. The van der Waals surface area contributed by atoms with Gasteiger partial charge in [0.1, 0.15) is 6.07 Å². The molecule has 1 fully saturated rings. The van der Waals surface area contributed by atoms with Crippen molar-refractivity contribution in [2.75, 3.05) is 18.5 Å². The fourth-order valence-corrected chi connectivity index (χ4v) is 1.86. The molecule has 1 saturated heterocycles. The molecule has 1 aromatic heterocycles. The average molecular weight is 278 g/mol. The second-order valence-electron chi connectivity index (χ2n) is 4.28. The van der Waals surface area contributed by atoms with Crippen molar-refractivity contribution in [1.29, 1.82) is 5.26 Å². The van der Waals surface area contributed by atoms with E-state index in [-0.39, 0.29) is 31.0 Å². The third-order valence-electron chi connectivity index (χ3n) is 2.98. The number of rotatable bonds is 4. The van der Waals surface area contributed by atoms with Gasteiger partial charge < -0.3 is 15.2 Å². The van der Waals surface area contributed by atoms with Gasteiger partial charge in [0.15, 0.2) is 5.54 Å². The van der Waals surface area contributed by atoms with Crippen molar-refractivity contribution in [2.45, 2.75) is 12.0 Å². The van der Waals surface area contributed by atoms with Crippen molar-refractivity contribution >= 4 is 17.5 Å². The molecule has 2 rings (SSSR count). The number of carbonyl (C=O) groups is 1. The van der Waals surface area contributed by atoms with Crippen LogP contribution in [0.15, 0.2) is 12.3 Å². The molecular formula is C11H10N4O5. The summed E-state index contributed by atoms with van der Waals surface area (Å²) in [5, 5.41) is 31.5. The van der Waals surface area contributed by atoms with E-state index in [1.54, 1.807) is 6.07 Å². The van der Waals surface area contributed by atoms with E-state index in [0.717, 1.165) is 12.3 Å². The summed E-state index contributed by atoms with van der Waals surface area (Å²) in [6, 6.07) is 2.78. The minimum absolute atomic E-state index is 0.0225. The van der Waals surface area contributed by atoms with Gasteiger partial charge in [0.25, 0.3) is 0 Å². The second-order valence-corrected chi connectivity index (χ2v) is 4.28. The zero-order valence-electron chi connectivity index (χ0n) is 10.2. The predicted octanol–water partition coefficient (Wildman–Crippen LogP) is 0.517. The molecule has 2 heterocycles. The molecule has 1 aliphatic rings. The van der Waals surface area contributed by atoms with E-state index in [0.29, 0.717) is 0 Å². The fourth-order valence-electron chi connectivity index (χ4n) is 1.86. The second kappa shape index (κ2) is 5.10. The Hall–Kier alpha value is -2.73. The van der Waals surface area contributed by atoms with Gasteiger partial charge in [0, 0.05) is 25.3 Å². The summed E-state index contributed by atoms with van der Waals surface area (Å²) >= 11 is 0. The first-order chi connectivity index (χ1) is 9.48. The molecule has 104 valence electrons. The summed E-state index contributed by atoms with van der Waals surface area (Å²) in [6.45, 7) is 0.130. The third-order valence-corrected chi connectivity index (χ3v) is 2.98. The Bertz CT molecular complexity index is 603. The highest BCUT2D eigenvalue weighted by molar-refractivity contribution is 5.84. The zero-order valence-corrected chi connectivity index (χ0v) is 10.2. The minimum atomic E-state index is -1.44. The molecule has 0 amide bonds. The van der Waals surface area contributed by atoms with Gasteiger partial charge in [0.05, 0.1) is 17.1 Å². The lowest BCUT2D eigenvalue weighted by molar-refractivity contribution is -0.384. The van der Waals surface area contributed by atoms with Crippen molar-refractivity contribution in [3.63, 3.8) is 0 Å². The number of nitro groups is 1. The molecule has 0 aliphatic carbocycles. The summed E-state index contributed by atoms with van der Waals surface area (Å²) < 4.78 is 5.05. The van der Waals surface area contributed by atoms with Gasteiger partial charge in [-0.05, 0) is 0 Å². The number of aromatic nitrogens is 1. The molecule has 9 nitrogen and oxygen atoms in total. The van der Waals surface area contributed by atoms with E-state index in [4.69, 9.17) is 10.00 Å². The van der Waals surface area contributed by atoms with Crippen molar-refractivity contribution in [3.05, 3.63) is 27.9 Å². The van der Waals surface area contributed by atoms with Crippen LogP contribution >= 0.6 is 0 Å². The Kier molecular flexibility index (Phi) is 3.49. The summed E-state index contributed by atoms with van der Waals surface area (Å²) in [4.78, 5) is 25.4. The number of carboxylic acid groups (broad SMARTS) is 1. The van der Waals surface area contributed by atoms with Gasteiger partial charge in [-0.25, -0.2) is 9.78 Å². The Morgan fingerprint density at radius 3 is 2.95 bits per heavy atom. The molecule has 9 heteroatoms. The number of aliphatic carboxylic acids is 1. The summed E-state index contributed by atoms with van der Waals surface area (Å²) in [7, 11) is 0. The normalized spacial score (nSPS) is 21.1. The van der Waals surface area contributed by atoms with Gasteiger partial charge in [-0.3, -0.25) is 10.1 Å². The van der Waals surface area contributed by atoms with E-state index in [1.165, 1.54) is 0 Å². The van der Waals surface area contributed by atoms with E-state index < -0.39 is 22.1 Å². The van der Waals surface area contributed by atoms with Crippen molar-refractivity contribution < 1.29 is 19.6 Å². The van der Waals surface area contributed by atoms with Gasteiger partial charge in [-0.1, -0.05) is 0 Å². The highest BCUT2D eigenvalue weighted by Gasteiger charge is 2.44. The van der Waals surface area contributed by atoms with Crippen molar-refractivity contribution in [3.8, 4) is 6.07 Å². The van der Waals surface area contributed by atoms with Crippen LogP contribution < -0.4 is 5.32 Å². The maximum Gasteiger partial charge on any atom is 0.331 e. The predicted molar refractivity (Wildman–Crippen MR) is 65.0 cm³/mol. The highest BCUT2D eigenvalue weighted by Crippen LogP contribution is 2.29. The monoisotopic (exact) mass is 278 g/mol.